The number of amides is 1. The molecule has 0 fully saturated rings. The lowest BCUT2D eigenvalue weighted by atomic mass is 10.0. The van der Waals surface area contributed by atoms with E-state index in [0.717, 1.165) is 24.0 Å². The highest BCUT2D eigenvalue weighted by Crippen LogP contribution is 2.36. The second kappa shape index (κ2) is 8.68. The van der Waals surface area contributed by atoms with Crippen LogP contribution in [0.2, 0.25) is 5.02 Å². The maximum absolute atomic E-state index is 14.4. The Balaban J connectivity index is 1.94. The van der Waals surface area contributed by atoms with Gasteiger partial charge in [-0.05, 0) is 35.8 Å². The average Bonchev–Trinajstić information content (AvgIpc) is 3.13. The number of carbonyl (C=O) groups excluding carboxylic acids is 1. The lowest BCUT2D eigenvalue weighted by molar-refractivity contribution is -0.133. The number of unbranched alkanes of at least 4 members (excludes halogenated alkanes) is 1. The number of halogens is 2. The van der Waals surface area contributed by atoms with Crippen LogP contribution in [0.5, 0.6) is 0 Å². The first-order valence-corrected chi connectivity index (χ1v) is 9.66. The number of nitrogens with two attached hydrogens (primary N) is 1. The first kappa shape index (κ1) is 19.6. The summed E-state index contributed by atoms with van der Waals surface area (Å²) in [5, 5.41) is 0.466. The quantitative estimate of drug-likeness (QED) is 0.762. The summed E-state index contributed by atoms with van der Waals surface area (Å²) in [5.74, 6) is -0.451. The van der Waals surface area contributed by atoms with E-state index in [0.29, 0.717) is 23.6 Å². The minimum atomic E-state index is -0.548. The van der Waals surface area contributed by atoms with Crippen molar-refractivity contribution in [1.29, 1.82) is 0 Å². The molecule has 5 heteroatoms. The van der Waals surface area contributed by atoms with Gasteiger partial charge in [0.1, 0.15) is 5.82 Å². The molecule has 0 aliphatic carbocycles. The summed E-state index contributed by atoms with van der Waals surface area (Å²) in [6.45, 7) is 2.39. The third-order valence-electron chi connectivity index (χ3n) is 4.92. The van der Waals surface area contributed by atoms with Crippen LogP contribution in [0.3, 0.4) is 0 Å². The SMILES string of the molecule is CCCC[C@H](N)C(=O)N1CC(c2cc(Cl)ccc2F)=CC1c1ccccc1. The zero-order valence-corrected chi connectivity index (χ0v) is 16.1. The summed E-state index contributed by atoms with van der Waals surface area (Å²) >= 11 is 6.06. The number of carbonyl (C=O) groups is 1. The third kappa shape index (κ3) is 4.40. The largest absolute Gasteiger partial charge is 0.326 e. The van der Waals surface area contributed by atoms with Gasteiger partial charge in [-0.15, -0.1) is 0 Å². The van der Waals surface area contributed by atoms with E-state index in [2.05, 4.69) is 6.92 Å². The van der Waals surface area contributed by atoms with Crippen LogP contribution in [-0.4, -0.2) is 23.4 Å². The topological polar surface area (TPSA) is 46.3 Å². The molecule has 0 saturated heterocycles. The maximum Gasteiger partial charge on any atom is 0.240 e. The molecule has 1 aliphatic rings. The van der Waals surface area contributed by atoms with Crippen molar-refractivity contribution in [2.75, 3.05) is 6.54 Å². The highest BCUT2D eigenvalue weighted by Gasteiger charge is 2.33. The first-order chi connectivity index (χ1) is 13.0. The summed E-state index contributed by atoms with van der Waals surface area (Å²) in [6.07, 6.45) is 4.48. The van der Waals surface area contributed by atoms with Crippen LogP contribution in [0.1, 0.15) is 43.4 Å². The van der Waals surface area contributed by atoms with Crippen LogP contribution in [-0.2, 0) is 4.79 Å². The molecule has 0 radical (unpaired) electrons. The van der Waals surface area contributed by atoms with Crippen LogP contribution < -0.4 is 5.73 Å². The molecule has 2 atom stereocenters. The average molecular weight is 387 g/mol. The summed E-state index contributed by atoms with van der Waals surface area (Å²) in [7, 11) is 0. The summed E-state index contributed by atoms with van der Waals surface area (Å²) in [6, 6.07) is 13.4. The smallest absolute Gasteiger partial charge is 0.240 e. The van der Waals surface area contributed by atoms with Crippen LogP contribution in [0.25, 0.3) is 5.57 Å². The van der Waals surface area contributed by atoms with Gasteiger partial charge in [-0.25, -0.2) is 4.39 Å². The van der Waals surface area contributed by atoms with Crippen molar-refractivity contribution >= 4 is 23.1 Å². The molecule has 0 spiro atoms. The molecule has 3 rings (SSSR count). The Morgan fingerprint density at radius 3 is 2.74 bits per heavy atom. The fraction of sp³-hybridized carbons (Fsp3) is 0.318. The van der Waals surface area contributed by atoms with Crippen molar-refractivity contribution in [2.45, 2.75) is 38.3 Å². The standard InChI is InChI=1S/C22H24ClFN2O/c1-2-3-9-20(25)22(27)26-14-16(18-13-17(23)10-11-19(18)24)12-21(26)15-7-5-4-6-8-15/h4-8,10-13,20-21H,2-3,9,14,25H2,1H3/t20-,21?/m0/s1. The number of nitrogens with zero attached hydrogens (tertiary/aromatic N) is 1. The van der Waals surface area contributed by atoms with Crippen molar-refractivity contribution in [3.8, 4) is 0 Å². The summed E-state index contributed by atoms with van der Waals surface area (Å²) in [4.78, 5) is 14.8. The molecule has 0 aromatic heterocycles. The van der Waals surface area contributed by atoms with Crippen LogP contribution in [0.15, 0.2) is 54.6 Å². The van der Waals surface area contributed by atoms with Gasteiger partial charge in [-0.2, -0.15) is 0 Å². The van der Waals surface area contributed by atoms with Gasteiger partial charge in [0.25, 0.3) is 0 Å². The molecule has 0 bridgehead atoms. The predicted octanol–water partition coefficient (Wildman–Crippen LogP) is 4.96. The molecule has 2 aromatic carbocycles. The third-order valence-corrected chi connectivity index (χ3v) is 5.16. The first-order valence-electron chi connectivity index (χ1n) is 9.28. The summed E-state index contributed by atoms with van der Waals surface area (Å²) < 4.78 is 14.4. The van der Waals surface area contributed by atoms with Gasteiger partial charge in [-0.3, -0.25) is 4.79 Å². The zero-order chi connectivity index (χ0) is 19.4. The fourth-order valence-corrected chi connectivity index (χ4v) is 3.61. The minimum absolute atomic E-state index is 0.106. The van der Waals surface area contributed by atoms with E-state index in [1.165, 1.54) is 12.1 Å². The Hall–Kier alpha value is -2.17. The second-order valence-corrected chi connectivity index (χ2v) is 7.32. The molecule has 0 saturated carbocycles. The molecule has 1 amide bonds. The van der Waals surface area contributed by atoms with E-state index in [4.69, 9.17) is 17.3 Å². The molecule has 3 nitrogen and oxygen atoms in total. The second-order valence-electron chi connectivity index (χ2n) is 6.89. The van der Waals surface area contributed by atoms with Gasteiger partial charge < -0.3 is 10.6 Å². The van der Waals surface area contributed by atoms with Crippen molar-refractivity contribution in [1.82, 2.24) is 4.90 Å². The predicted molar refractivity (Wildman–Crippen MR) is 108 cm³/mol. The normalized spacial score (nSPS) is 17.7. The maximum atomic E-state index is 14.4. The van der Waals surface area contributed by atoms with Crippen LogP contribution in [0.4, 0.5) is 4.39 Å². The molecule has 1 aliphatic heterocycles. The Labute approximate surface area is 164 Å². The van der Waals surface area contributed by atoms with E-state index in [-0.39, 0.29) is 17.8 Å². The van der Waals surface area contributed by atoms with E-state index >= 15 is 0 Å². The molecule has 1 unspecified atom stereocenters. The van der Waals surface area contributed by atoms with Gasteiger partial charge in [0.05, 0.1) is 12.1 Å². The molecular weight excluding hydrogens is 363 g/mol. The van der Waals surface area contributed by atoms with E-state index < -0.39 is 6.04 Å². The van der Waals surface area contributed by atoms with E-state index in [1.807, 2.05) is 36.4 Å². The number of rotatable bonds is 6. The van der Waals surface area contributed by atoms with Gasteiger partial charge >= 0.3 is 0 Å². The van der Waals surface area contributed by atoms with Gasteiger partial charge in [0, 0.05) is 17.1 Å². The lowest BCUT2D eigenvalue weighted by Gasteiger charge is -2.28. The summed E-state index contributed by atoms with van der Waals surface area (Å²) in [5.41, 5.74) is 8.31. The molecule has 142 valence electrons. The minimum Gasteiger partial charge on any atom is -0.326 e. The molecule has 1 heterocycles. The van der Waals surface area contributed by atoms with Crippen molar-refractivity contribution < 1.29 is 9.18 Å². The zero-order valence-electron chi connectivity index (χ0n) is 15.4. The number of hydrogen-bond acceptors (Lipinski definition) is 2. The Kier molecular flexibility index (Phi) is 6.30. The van der Waals surface area contributed by atoms with Crippen molar-refractivity contribution in [3.05, 3.63) is 76.6 Å². The fourth-order valence-electron chi connectivity index (χ4n) is 3.44. The van der Waals surface area contributed by atoms with Crippen molar-refractivity contribution in [2.24, 2.45) is 5.73 Å². The van der Waals surface area contributed by atoms with Gasteiger partial charge in [-0.1, -0.05) is 67.8 Å². The highest BCUT2D eigenvalue weighted by molar-refractivity contribution is 6.30. The molecule has 2 N–H and O–H groups in total. The Morgan fingerprint density at radius 1 is 1.30 bits per heavy atom. The van der Waals surface area contributed by atoms with Crippen LogP contribution >= 0.6 is 11.6 Å². The Morgan fingerprint density at radius 2 is 2.04 bits per heavy atom. The molecular formula is C22H24ClFN2O. The van der Waals surface area contributed by atoms with Gasteiger partial charge in [0.2, 0.25) is 5.91 Å². The molecule has 2 aromatic rings. The number of benzene rings is 2. The van der Waals surface area contributed by atoms with Crippen LogP contribution in [0, 0.1) is 5.82 Å². The van der Waals surface area contributed by atoms with Gasteiger partial charge in [0.15, 0.2) is 0 Å². The lowest BCUT2D eigenvalue weighted by Crippen LogP contribution is -2.43. The molecule has 27 heavy (non-hydrogen) atoms. The number of hydrogen-bond donors (Lipinski definition) is 1. The van der Waals surface area contributed by atoms with E-state index in [1.54, 1.807) is 11.0 Å². The van der Waals surface area contributed by atoms with E-state index in [9.17, 15) is 9.18 Å². The Bertz CT molecular complexity index is 837. The highest BCUT2D eigenvalue weighted by atomic mass is 35.5. The van der Waals surface area contributed by atoms with Crippen molar-refractivity contribution in [3.63, 3.8) is 0 Å². The monoisotopic (exact) mass is 386 g/mol.